The van der Waals surface area contributed by atoms with Crippen molar-refractivity contribution in [2.75, 3.05) is 4.90 Å². The zero-order valence-electron chi connectivity index (χ0n) is 31.6. The third-order valence-electron chi connectivity index (χ3n) is 11.7. The van der Waals surface area contributed by atoms with E-state index < -0.39 is 0 Å². The number of hydrogen-bond donors (Lipinski definition) is 1. The van der Waals surface area contributed by atoms with Crippen LogP contribution in [0.25, 0.3) is 42.1 Å². The zero-order chi connectivity index (χ0) is 38.1. The van der Waals surface area contributed by atoms with Crippen molar-refractivity contribution in [1.82, 2.24) is 5.32 Å². The van der Waals surface area contributed by atoms with E-state index >= 15 is 0 Å². The van der Waals surface area contributed by atoms with Gasteiger partial charge in [-0.1, -0.05) is 153 Å². The van der Waals surface area contributed by atoms with Crippen molar-refractivity contribution in [3.05, 3.63) is 210 Å². The molecule has 0 amide bonds. The van der Waals surface area contributed by atoms with Gasteiger partial charge in [0.25, 0.3) is 0 Å². The summed E-state index contributed by atoms with van der Waals surface area (Å²) in [5, 5.41) is 8.57. The summed E-state index contributed by atoms with van der Waals surface area (Å²) in [7, 11) is 0. The van der Waals surface area contributed by atoms with Gasteiger partial charge in [-0.15, -0.1) is 11.3 Å². The van der Waals surface area contributed by atoms with Gasteiger partial charge in [0.2, 0.25) is 0 Å². The highest BCUT2D eigenvalue weighted by Gasteiger charge is 2.36. The number of aliphatic imine (C=N–C) groups is 2. The number of nitrogens with one attached hydrogen (secondary N) is 1. The third-order valence-corrected chi connectivity index (χ3v) is 12.8. The molecular formula is C52H38N4S. The average molecular weight is 751 g/mol. The Bertz CT molecular complexity index is 3080. The number of rotatable bonds is 6. The van der Waals surface area contributed by atoms with Crippen LogP contribution in [0.2, 0.25) is 0 Å². The van der Waals surface area contributed by atoms with Crippen molar-refractivity contribution < 1.29 is 0 Å². The normalized spacial score (nSPS) is 15.5. The van der Waals surface area contributed by atoms with Crippen molar-refractivity contribution in [3.63, 3.8) is 0 Å². The molecule has 1 aliphatic carbocycles. The van der Waals surface area contributed by atoms with Crippen LogP contribution in [-0.4, -0.2) is 11.7 Å². The van der Waals surface area contributed by atoms with E-state index in [1.54, 1.807) is 0 Å². The summed E-state index contributed by atoms with van der Waals surface area (Å²) in [6, 6.07) is 65.4. The van der Waals surface area contributed by atoms with Gasteiger partial charge >= 0.3 is 0 Å². The van der Waals surface area contributed by atoms with Crippen LogP contribution in [0.15, 0.2) is 192 Å². The summed E-state index contributed by atoms with van der Waals surface area (Å²) in [4.78, 5) is 12.9. The van der Waals surface area contributed by atoms with E-state index in [0.29, 0.717) is 0 Å². The Morgan fingerprint density at radius 1 is 0.544 bits per heavy atom. The SMILES string of the molecule is CC1(C)c2ccccc2-c2ccc(N(c3ccccc3)c3ccc4c(c3)sc3cccc(C5=NC(c6ccccc6)=NC(c6cccc7ccccc67)N5)c34)cc21. The Kier molecular flexibility index (Phi) is 7.73. The summed E-state index contributed by atoms with van der Waals surface area (Å²) >= 11 is 1.83. The van der Waals surface area contributed by atoms with Crippen LogP contribution in [0.4, 0.5) is 17.1 Å². The molecule has 0 spiro atoms. The fraction of sp³-hybridized carbons (Fsp3) is 0.0769. The zero-order valence-corrected chi connectivity index (χ0v) is 32.5. The van der Waals surface area contributed by atoms with Crippen molar-refractivity contribution in [2.24, 2.45) is 9.98 Å². The van der Waals surface area contributed by atoms with E-state index in [-0.39, 0.29) is 11.6 Å². The van der Waals surface area contributed by atoms with Gasteiger partial charge in [-0.3, -0.25) is 0 Å². The molecule has 9 aromatic rings. The van der Waals surface area contributed by atoms with Crippen LogP contribution in [0.5, 0.6) is 0 Å². The lowest BCUT2D eigenvalue weighted by Gasteiger charge is -2.28. The molecule has 1 N–H and O–H groups in total. The largest absolute Gasteiger partial charge is 0.344 e. The first-order valence-electron chi connectivity index (χ1n) is 19.5. The van der Waals surface area contributed by atoms with Crippen molar-refractivity contribution in [1.29, 1.82) is 0 Å². The lowest BCUT2D eigenvalue weighted by molar-refractivity contribution is 0.660. The van der Waals surface area contributed by atoms with E-state index in [2.05, 4.69) is 188 Å². The van der Waals surface area contributed by atoms with Crippen LogP contribution in [0.1, 0.15) is 47.8 Å². The third kappa shape index (κ3) is 5.49. The molecule has 11 rings (SSSR count). The minimum absolute atomic E-state index is 0.0935. The van der Waals surface area contributed by atoms with Gasteiger partial charge in [-0.05, 0) is 75.5 Å². The summed E-state index contributed by atoms with van der Waals surface area (Å²) in [5.74, 6) is 1.55. The summed E-state index contributed by atoms with van der Waals surface area (Å²) in [5.41, 5.74) is 11.9. The van der Waals surface area contributed by atoms with Gasteiger partial charge in [-0.25, -0.2) is 9.98 Å². The molecule has 0 fully saturated rings. The minimum Gasteiger partial charge on any atom is -0.344 e. The van der Waals surface area contributed by atoms with Crippen molar-refractivity contribution in [3.8, 4) is 11.1 Å². The van der Waals surface area contributed by atoms with E-state index in [4.69, 9.17) is 9.98 Å². The topological polar surface area (TPSA) is 40.0 Å². The highest BCUT2D eigenvalue weighted by atomic mass is 32.1. The molecular weight excluding hydrogens is 713 g/mol. The maximum absolute atomic E-state index is 5.25. The molecule has 2 heterocycles. The fourth-order valence-electron chi connectivity index (χ4n) is 8.96. The van der Waals surface area contributed by atoms with Gasteiger partial charge in [0.15, 0.2) is 5.84 Å². The smallest absolute Gasteiger partial charge is 0.159 e. The van der Waals surface area contributed by atoms with Crippen LogP contribution in [-0.2, 0) is 5.41 Å². The summed E-state index contributed by atoms with van der Waals surface area (Å²) < 4.78 is 2.45. The van der Waals surface area contributed by atoms with Crippen molar-refractivity contribution >= 4 is 71.0 Å². The Morgan fingerprint density at radius 3 is 2.11 bits per heavy atom. The van der Waals surface area contributed by atoms with E-state index in [0.717, 1.165) is 45.4 Å². The molecule has 272 valence electrons. The second kappa shape index (κ2) is 13.1. The highest BCUT2D eigenvalue weighted by Crippen LogP contribution is 2.51. The maximum atomic E-state index is 5.25. The monoisotopic (exact) mass is 750 g/mol. The molecule has 1 atom stereocenters. The quantitative estimate of drug-likeness (QED) is 0.184. The molecule has 2 aliphatic rings. The number of hydrogen-bond acceptors (Lipinski definition) is 5. The average Bonchev–Trinajstić information content (AvgIpc) is 3.75. The van der Waals surface area contributed by atoms with E-state index in [9.17, 15) is 0 Å². The van der Waals surface area contributed by atoms with E-state index in [1.807, 2.05) is 29.5 Å². The first-order valence-corrected chi connectivity index (χ1v) is 20.3. The number of nitrogens with zero attached hydrogens (tertiary/aromatic N) is 3. The van der Waals surface area contributed by atoms with Crippen molar-refractivity contribution in [2.45, 2.75) is 25.4 Å². The molecule has 0 saturated carbocycles. The lowest BCUT2D eigenvalue weighted by atomic mass is 9.82. The molecule has 8 aromatic carbocycles. The molecule has 1 unspecified atom stereocenters. The van der Waals surface area contributed by atoms with Crippen LogP contribution >= 0.6 is 11.3 Å². The predicted octanol–water partition coefficient (Wildman–Crippen LogP) is 13.5. The van der Waals surface area contributed by atoms with Gasteiger partial charge in [0, 0.05) is 59.3 Å². The first kappa shape index (κ1) is 33.5. The Morgan fingerprint density at radius 2 is 1.23 bits per heavy atom. The number of benzene rings is 8. The van der Waals surface area contributed by atoms with Crippen LogP contribution < -0.4 is 10.2 Å². The first-order chi connectivity index (χ1) is 28.0. The molecule has 1 aliphatic heterocycles. The standard InChI is InChI=1S/C52H38N4S/c1-52(2)44-25-12-11-22-39(44)40-29-27-36(31-45(40)52)56(35-19-7-4-8-20-35)37-28-30-42-47(32-37)57-46-26-14-24-43(48(42)46)51-54-49(34-16-5-3-6-17-34)53-50(55-51)41-23-13-18-33-15-9-10-21-38(33)41/h3-32,50H,1-2H3,(H,53,54,55). The lowest BCUT2D eigenvalue weighted by Crippen LogP contribution is -2.33. The molecule has 0 bridgehead atoms. The second-order valence-electron chi connectivity index (χ2n) is 15.4. The number of thiophene rings is 1. The van der Waals surface area contributed by atoms with Crippen LogP contribution in [0.3, 0.4) is 0 Å². The minimum atomic E-state index is -0.310. The number of fused-ring (bicyclic) bond motifs is 7. The molecule has 0 radical (unpaired) electrons. The number of para-hydroxylation sites is 1. The molecule has 0 saturated heterocycles. The maximum Gasteiger partial charge on any atom is 0.159 e. The summed E-state index contributed by atoms with van der Waals surface area (Å²) in [6.07, 6.45) is -0.310. The van der Waals surface area contributed by atoms with Crippen LogP contribution in [0, 0.1) is 0 Å². The second-order valence-corrected chi connectivity index (χ2v) is 16.5. The van der Waals surface area contributed by atoms with Gasteiger partial charge in [0.05, 0.1) is 0 Å². The van der Waals surface area contributed by atoms with Gasteiger partial charge in [-0.2, -0.15) is 0 Å². The molecule has 4 nitrogen and oxygen atoms in total. The molecule has 5 heteroatoms. The highest BCUT2D eigenvalue weighted by molar-refractivity contribution is 7.26. The van der Waals surface area contributed by atoms with Gasteiger partial charge < -0.3 is 10.2 Å². The summed E-state index contributed by atoms with van der Waals surface area (Å²) in [6.45, 7) is 4.69. The van der Waals surface area contributed by atoms with Gasteiger partial charge in [0.1, 0.15) is 12.0 Å². The molecule has 1 aromatic heterocycles. The Hall–Kier alpha value is -6.82. The fourth-order valence-corrected chi connectivity index (χ4v) is 10.1. The van der Waals surface area contributed by atoms with E-state index in [1.165, 1.54) is 53.2 Å². The molecule has 57 heavy (non-hydrogen) atoms. The Balaban J connectivity index is 1.04. The number of amidine groups is 2. The predicted molar refractivity (Wildman–Crippen MR) is 241 cm³/mol. The Labute approximate surface area is 336 Å². The number of anilines is 3.